The van der Waals surface area contributed by atoms with Gasteiger partial charge < -0.3 is 0 Å². The first-order valence-electron chi connectivity index (χ1n) is 7.90. The van der Waals surface area contributed by atoms with E-state index in [2.05, 4.69) is 78.9 Å². The Morgan fingerprint density at radius 2 is 1.22 bits per heavy atom. The van der Waals surface area contributed by atoms with Crippen LogP contribution in [0, 0.1) is 0 Å². The van der Waals surface area contributed by atoms with E-state index in [1.807, 2.05) is 12.1 Å². The summed E-state index contributed by atoms with van der Waals surface area (Å²) in [4.78, 5) is 5.04. The molecule has 23 heavy (non-hydrogen) atoms. The van der Waals surface area contributed by atoms with Crippen LogP contribution in [0.5, 0.6) is 0 Å². The second kappa shape index (κ2) is 6.05. The standard InChI is InChI=1S/C22H17N/c1-3-10-18(11-4-1)21-16-15-17-9-7-8-14-20(17)22(23-21)19-12-5-2-6-13-19/h1-14,16H,15H2. The Morgan fingerprint density at radius 1 is 0.609 bits per heavy atom. The van der Waals surface area contributed by atoms with Crippen molar-refractivity contribution in [2.75, 3.05) is 0 Å². The van der Waals surface area contributed by atoms with Crippen molar-refractivity contribution >= 4 is 11.4 Å². The summed E-state index contributed by atoms with van der Waals surface area (Å²) in [6.07, 6.45) is 3.13. The third-order valence-electron chi connectivity index (χ3n) is 4.14. The molecule has 0 saturated carbocycles. The van der Waals surface area contributed by atoms with Gasteiger partial charge in [0.1, 0.15) is 0 Å². The minimum Gasteiger partial charge on any atom is -0.247 e. The second-order valence-electron chi connectivity index (χ2n) is 5.64. The second-order valence-corrected chi connectivity index (χ2v) is 5.64. The van der Waals surface area contributed by atoms with E-state index in [9.17, 15) is 0 Å². The zero-order valence-corrected chi connectivity index (χ0v) is 12.8. The lowest BCUT2D eigenvalue weighted by atomic mass is 9.96. The zero-order valence-electron chi connectivity index (χ0n) is 12.8. The molecule has 0 amide bonds. The van der Waals surface area contributed by atoms with Crippen molar-refractivity contribution in [3.8, 4) is 0 Å². The summed E-state index contributed by atoms with van der Waals surface area (Å²) in [5.41, 5.74) is 6.95. The molecule has 4 rings (SSSR count). The highest BCUT2D eigenvalue weighted by atomic mass is 14.8. The van der Waals surface area contributed by atoms with Crippen LogP contribution < -0.4 is 0 Å². The lowest BCUT2D eigenvalue weighted by Gasteiger charge is -2.10. The Labute approximate surface area is 136 Å². The van der Waals surface area contributed by atoms with Gasteiger partial charge in [-0.2, -0.15) is 0 Å². The molecule has 1 aliphatic heterocycles. The molecule has 0 unspecified atom stereocenters. The summed E-state index contributed by atoms with van der Waals surface area (Å²) in [5, 5.41) is 0. The lowest BCUT2D eigenvalue weighted by Crippen LogP contribution is -2.05. The normalized spacial score (nSPS) is 13.6. The molecule has 0 aromatic heterocycles. The molecule has 1 heteroatoms. The largest absolute Gasteiger partial charge is 0.247 e. The van der Waals surface area contributed by atoms with Crippen molar-refractivity contribution in [3.05, 3.63) is 113 Å². The highest BCUT2D eigenvalue weighted by Crippen LogP contribution is 2.26. The molecule has 0 spiro atoms. The average molecular weight is 295 g/mol. The van der Waals surface area contributed by atoms with E-state index < -0.39 is 0 Å². The van der Waals surface area contributed by atoms with Crippen molar-refractivity contribution in [2.45, 2.75) is 6.42 Å². The minimum absolute atomic E-state index is 0.903. The Kier molecular flexibility index (Phi) is 3.61. The topological polar surface area (TPSA) is 12.4 Å². The Morgan fingerprint density at radius 3 is 1.96 bits per heavy atom. The number of allylic oxidation sites excluding steroid dienone is 1. The first-order chi connectivity index (χ1) is 11.4. The molecule has 0 bridgehead atoms. The third-order valence-corrected chi connectivity index (χ3v) is 4.14. The maximum atomic E-state index is 5.04. The summed E-state index contributed by atoms with van der Waals surface area (Å²) >= 11 is 0. The molecule has 1 heterocycles. The molecular formula is C22H17N. The Balaban J connectivity index is 1.91. The summed E-state index contributed by atoms with van der Waals surface area (Å²) in [6, 6.07) is 29.4. The number of hydrogen-bond acceptors (Lipinski definition) is 1. The van der Waals surface area contributed by atoms with Gasteiger partial charge in [0.25, 0.3) is 0 Å². The van der Waals surface area contributed by atoms with E-state index in [0.717, 1.165) is 29.0 Å². The first-order valence-corrected chi connectivity index (χ1v) is 7.90. The smallest absolute Gasteiger partial charge is 0.0784 e. The van der Waals surface area contributed by atoms with Crippen molar-refractivity contribution in [1.29, 1.82) is 0 Å². The van der Waals surface area contributed by atoms with Gasteiger partial charge in [-0.25, -0.2) is 4.99 Å². The first kappa shape index (κ1) is 13.7. The van der Waals surface area contributed by atoms with Gasteiger partial charge in [-0.1, -0.05) is 91.0 Å². The van der Waals surface area contributed by atoms with E-state index >= 15 is 0 Å². The quantitative estimate of drug-likeness (QED) is 0.622. The molecule has 1 aliphatic rings. The van der Waals surface area contributed by atoms with Crippen LogP contribution in [-0.4, -0.2) is 5.71 Å². The zero-order chi connectivity index (χ0) is 15.5. The molecule has 0 fully saturated rings. The molecule has 0 aliphatic carbocycles. The van der Waals surface area contributed by atoms with Crippen LogP contribution >= 0.6 is 0 Å². The van der Waals surface area contributed by atoms with Gasteiger partial charge in [-0.05, 0) is 17.5 Å². The highest BCUT2D eigenvalue weighted by Gasteiger charge is 2.15. The predicted octanol–water partition coefficient (Wildman–Crippen LogP) is 5.12. The van der Waals surface area contributed by atoms with Crippen LogP contribution in [-0.2, 0) is 6.42 Å². The van der Waals surface area contributed by atoms with Crippen molar-refractivity contribution in [1.82, 2.24) is 0 Å². The van der Waals surface area contributed by atoms with E-state index in [0.29, 0.717) is 0 Å². The molecule has 1 nitrogen and oxygen atoms in total. The van der Waals surface area contributed by atoms with Crippen LogP contribution in [0.3, 0.4) is 0 Å². The average Bonchev–Trinajstić information content (AvgIpc) is 2.83. The summed E-state index contributed by atoms with van der Waals surface area (Å²) in [5.74, 6) is 0. The third kappa shape index (κ3) is 2.74. The predicted molar refractivity (Wildman–Crippen MR) is 96.6 cm³/mol. The van der Waals surface area contributed by atoms with Crippen LogP contribution in [0.2, 0.25) is 0 Å². The van der Waals surface area contributed by atoms with E-state index in [4.69, 9.17) is 4.99 Å². The van der Waals surface area contributed by atoms with Gasteiger partial charge in [0.05, 0.1) is 11.4 Å². The molecule has 0 atom stereocenters. The number of benzene rings is 3. The maximum absolute atomic E-state index is 5.04. The van der Waals surface area contributed by atoms with E-state index in [-0.39, 0.29) is 0 Å². The summed E-state index contributed by atoms with van der Waals surface area (Å²) in [6.45, 7) is 0. The lowest BCUT2D eigenvalue weighted by molar-refractivity contribution is 1.27. The van der Waals surface area contributed by atoms with Crippen LogP contribution in [0.1, 0.15) is 22.3 Å². The number of hydrogen-bond donors (Lipinski definition) is 0. The molecule has 3 aromatic rings. The van der Waals surface area contributed by atoms with Gasteiger partial charge in [-0.3, -0.25) is 0 Å². The van der Waals surface area contributed by atoms with Crippen molar-refractivity contribution in [2.24, 2.45) is 4.99 Å². The van der Waals surface area contributed by atoms with Gasteiger partial charge in [0.15, 0.2) is 0 Å². The summed E-state index contributed by atoms with van der Waals surface area (Å²) < 4.78 is 0. The molecule has 3 aromatic carbocycles. The van der Waals surface area contributed by atoms with Gasteiger partial charge in [-0.15, -0.1) is 0 Å². The van der Waals surface area contributed by atoms with Crippen LogP contribution in [0.15, 0.2) is 96.0 Å². The molecule has 0 saturated heterocycles. The fourth-order valence-electron chi connectivity index (χ4n) is 2.97. The van der Waals surface area contributed by atoms with Gasteiger partial charge in [0.2, 0.25) is 0 Å². The Hall–Kier alpha value is -2.93. The number of fused-ring (bicyclic) bond motifs is 1. The maximum Gasteiger partial charge on any atom is 0.0784 e. The number of rotatable bonds is 2. The molecular weight excluding hydrogens is 278 g/mol. The molecule has 0 radical (unpaired) electrons. The molecule has 110 valence electrons. The number of aliphatic imine (C=N–C) groups is 1. The van der Waals surface area contributed by atoms with Gasteiger partial charge >= 0.3 is 0 Å². The molecule has 0 N–H and O–H groups in total. The van der Waals surface area contributed by atoms with Gasteiger partial charge in [0, 0.05) is 11.1 Å². The van der Waals surface area contributed by atoms with Crippen LogP contribution in [0.25, 0.3) is 5.70 Å². The van der Waals surface area contributed by atoms with E-state index in [1.165, 1.54) is 11.1 Å². The Bertz CT molecular complexity index is 874. The fourth-order valence-corrected chi connectivity index (χ4v) is 2.97. The SMILES string of the molecule is C1=C(c2ccccc2)N=C(c2ccccc2)c2ccccc2C1. The van der Waals surface area contributed by atoms with E-state index in [1.54, 1.807) is 0 Å². The number of nitrogens with zero attached hydrogens (tertiary/aromatic N) is 1. The monoisotopic (exact) mass is 295 g/mol. The van der Waals surface area contributed by atoms with Crippen molar-refractivity contribution in [3.63, 3.8) is 0 Å². The van der Waals surface area contributed by atoms with Crippen LogP contribution in [0.4, 0.5) is 0 Å². The minimum atomic E-state index is 0.903. The fraction of sp³-hybridized carbons (Fsp3) is 0.0455. The summed E-state index contributed by atoms with van der Waals surface area (Å²) in [7, 11) is 0. The highest BCUT2D eigenvalue weighted by molar-refractivity contribution is 6.16. The van der Waals surface area contributed by atoms with Crippen molar-refractivity contribution < 1.29 is 0 Å².